The molecule has 1 aliphatic heterocycles. The maximum atomic E-state index is 12.2. The highest BCUT2D eigenvalue weighted by atomic mass is 79.9. The van der Waals surface area contributed by atoms with Gasteiger partial charge in [-0.05, 0) is 47.3 Å². The van der Waals surface area contributed by atoms with Crippen LogP contribution >= 0.6 is 15.9 Å². The molecule has 1 saturated heterocycles. The summed E-state index contributed by atoms with van der Waals surface area (Å²) in [6.45, 7) is 3.02. The van der Waals surface area contributed by atoms with E-state index in [2.05, 4.69) is 27.8 Å². The van der Waals surface area contributed by atoms with Gasteiger partial charge in [-0.15, -0.1) is 0 Å². The minimum absolute atomic E-state index is 0.115. The Morgan fingerprint density at radius 1 is 1.62 bits per heavy atom. The minimum atomic E-state index is 0.115. The summed E-state index contributed by atoms with van der Waals surface area (Å²) in [7, 11) is 0. The molecule has 1 atom stereocenters. The molecule has 0 aromatic carbocycles. The number of hydrogen-bond acceptors (Lipinski definition) is 2. The number of halogens is 1. The maximum absolute atomic E-state index is 12.2. The van der Waals surface area contributed by atoms with E-state index in [9.17, 15) is 4.79 Å². The Balaban J connectivity index is 2.15. The van der Waals surface area contributed by atoms with Crippen LogP contribution in [-0.4, -0.2) is 28.4 Å². The molecule has 4 heteroatoms. The van der Waals surface area contributed by atoms with Gasteiger partial charge < -0.3 is 4.90 Å². The number of likely N-dealkylation sites (tertiary alicyclic amines) is 1. The number of aromatic nitrogens is 1. The average molecular weight is 283 g/mol. The molecule has 1 amide bonds. The molecule has 0 N–H and O–H groups in total. The predicted molar refractivity (Wildman–Crippen MR) is 66.3 cm³/mol. The molecule has 1 aromatic rings. The molecule has 3 nitrogen and oxygen atoms in total. The minimum Gasteiger partial charge on any atom is -0.336 e. The molecule has 16 heavy (non-hydrogen) atoms. The zero-order valence-corrected chi connectivity index (χ0v) is 10.9. The van der Waals surface area contributed by atoms with Gasteiger partial charge in [0.25, 0.3) is 5.91 Å². The first-order chi connectivity index (χ1) is 7.72. The van der Waals surface area contributed by atoms with Crippen LogP contribution in [0.3, 0.4) is 0 Å². The summed E-state index contributed by atoms with van der Waals surface area (Å²) in [4.78, 5) is 18.3. The van der Waals surface area contributed by atoms with Crippen LogP contribution in [0.25, 0.3) is 0 Å². The molecule has 2 rings (SSSR count). The number of carbonyl (C=O) groups is 1. The number of hydrogen-bond donors (Lipinski definition) is 0. The maximum Gasteiger partial charge on any atom is 0.255 e. The Hall–Kier alpha value is -0.900. The van der Waals surface area contributed by atoms with Crippen LogP contribution in [0.5, 0.6) is 0 Å². The molecule has 1 unspecified atom stereocenters. The summed E-state index contributed by atoms with van der Waals surface area (Å²) in [5.74, 6) is 0.115. The predicted octanol–water partition coefficient (Wildman–Crippen LogP) is 2.86. The fourth-order valence-corrected chi connectivity index (χ4v) is 2.43. The Bertz CT molecular complexity index is 377. The molecule has 0 spiro atoms. The molecule has 0 saturated carbocycles. The third-order valence-electron chi connectivity index (χ3n) is 3.08. The lowest BCUT2D eigenvalue weighted by Crippen LogP contribution is -2.35. The van der Waals surface area contributed by atoms with E-state index < -0.39 is 0 Å². The highest BCUT2D eigenvalue weighted by Crippen LogP contribution is 2.22. The topological polar surface area (TPSA) is 33.2 Å². The van der Waals surface area contributed by atoms with Crippen LogP contribution in [0.1, 0.15) is 36.5 Å². The van der Waals surface area contributed by atoms with E-state index in [0.717, 1.165) is 30.4 Å². The van der Waals surface area contributed by atoms with Crippen molar-refractivity contribution in [3.8, 4) is 0 Å². The zero-order valence-electron chi connectivity index (χ0n) is 9.32. The van der Waals surface area contributed by atoms with Gasteiger partial charge >= 0.3 is 0 Å². The summed E-state index contributed by atoms with van der Waals surface area (Å²) in [5.41, 5.74) is 0.684. The summed E-state index contributed by atoms with van der Waals surface area (Å²) in [6, 6.07) is 4.05. The van der Waals surface area contributed by atoms with Crippen LogP contribution in [0.4, 0.5) is 0 Å². The zero-order chi connectivity index (χ0) is 11.5. The summed E-state index contributed by atoms with van der Waals surface area (Å²) < 4.78 is 0.762. The van der Waals surface area contributed by atoms with Gasteiger partial charge in [-0.3, -0.25) is 4.79 Å². The van der Waals surface area contributed by atoms with Crippen LogP contribution in [0.15, 0.2) is 22.9 Å². The SMILES string of the molecule is CCC1CCCN1C(=O)c1ccc(Br)nc1. The van der Waals surface area contributed by atoms with Gasteiger partial charge in [0.1, 0.15) is 4.60 Å². The first-order valence-electron chi connectivity index (χ1n) is 5.65. The van der Waals surface area contributed by atoms with Crippen molar-refractivity contribution in [2.75, 3.05) is 6.54 Å². The van der Waals surface area contributed by atoms with Crippen LogP contribution < -0.4 is 0 Å². The summed E-state index contributed by atoms with van der Waals surface area (Å²) in [6.07, 6.45) is 4.92. The lowest BCUT2D eigenvalue weighted by Gasteiger charge is -2.23. The van der Waals surface area contributed by atoms with E-state index in [4.69, 9.17) is 0 Å². The monoisotopic (exact) mass is 282 g/mol. The normalized spacial score (nSPS) is 20.1. The summed E-state index contributed by atoms with van der Waals surface area (Å²) in [5, 5.41) is 0. The van der Waals surface area contributed by atoms with Gasteiger partial charge in [0.2, 0.25) is 0 Å². The fraction of sp³-hybridized carbons (Fsp3) is 0.500. The Labute approximate surface area is 104 Å². The molecule has 0 aliphatic carbocycles. The van der Waals surface area contributed by atoms with E-state index in [-0.39, 0.29) is 5.91 Å². The van der Waals surface area contributed by atoms with Crippen molar-refractivity contribution >= 4 is 21.8 Å². The first kappa shape index (κ1) is 11.6. The highest BCUT2D eigenvalue weighted by molar-refractivity contribution is 9.10. The smallest absolute Gasteiger partial charge is 0.255 e. The molecule has 0 bridgehead atoms. The quantitative estimate of drug-likeness (QED) is 0.782. The number of rotatable bonds is 2. The van der Waals surface area contributed by atoms with Crippen molar-refractivity contribution in [1.82, 2.24) is 9.88 Å². The van der Waals surface area contributed by atoms with Crippen molar-refractivity contribution in [2.24, 2.45) is 0 Å². The second-order valence-corrected chi connectivity index (χ2v) is 4.88. The lowest BCUT2D eigenvalue weighted by molar-refractivity contribution is 0.0733. The molecule has 1 fully saturated rings. The Kier molecular flexibility index (Phi) is 3.59. The van der Waals surface area contributed by atoms with Crippen molar-refractivity contribution < 1.29 is 4.79 Å². The number of nitrogens with zero attached hydrogens (tertiary/aromatic N) is 2. The lowest BCUT2D eigenvalue weighted by atomic mass is 10.1. The third kappa shape index (κ3) is 2.26. The summed E-state index contributed by atoms with van der Waals surface area (Å²) >= 11 is 3.27. The van der Waals surface area contributed by atoms with Gasteiger partial charge in [0, 0.05) is 18.8 Å². The van der Waals surface area contributed by atoms with Crippen LogP contribution in [-0.2, 0) is 0 Å². The molecular formula is C12H15BrN2O. The first-order valence-corrected chi connectivity index (χ1v) is 6.44. The van der Waals surface area contributed by atoms with E-state index in [0.29, 0.717) is 11.6 Å². The molecular weight excluding hydrogens is 268 g/mol. The van der Waals surface area contributed by atoms with E-state index >= 15 is 0 Å². The van der Waals surface area contributed by atoms with Gasteiger partial charge in [-0.1, -0.05) is 6.92 Å². The van der Waals surface area contributed by atoms with Gasteiger partial charge in [0.05, 0.1) is 5.56 Å². The van der Waals surface area contributed by atoms with Crippen LogP contribution in [0.2, 0.25) is 0 Å². The van der Waals surface area contributed by atoms with Gasteiger partial charge in [0.15, 0.2) is 0 Å². The number of amides is 1. The fourth-order valence-electron chi connectivity index (χ4n) is 2.20. The number of carbonyl (C=O) groups excluding carboxylic acids is 1. The van der Waals surface area contributed by atoms with E-state index in [1.165, 1.54) is 0 Å². The molecule has 2 heterocycles. The van der Waals surface area contributed by atoms with E-state index in [1.54, 1.807) is 6.20 Å². The second-order valence-electron chi connectivity index (χ2n) is 4.07. The number of pyridine rings is 1. The second kappa shape index (κ2) is 4.95. The van der Waals surface area contributed by atoms with Crippen molar-refractivity contribution in [1.29, 1.82) is 0 Å². The van der Waals surface area contributed by atoms with E-state index in [1.807, 2.05) is 17.0 Å². The van der Waals surface area contributed by atoms with Gasteiger partial charge in [-0.25, -0.2) is 4.98 Å². The molecule has 1 aliphatic rings. The Morgan fingerprint density at radius 2 is 2.44 bits per heavy atom. The van der Waals surface area contributed by atoms with Crippen LogP contribution in [0, 0.1) is 0 Å². The Morgan fingerprint density at radius 3 is 3.06 bits per heavy atom. The molecule has 86 valence electrons. The van der Waals surface area contributed by atoms with Crippen molar-refractivity contribution in [3.63, 3.8) is 0 Å². The van der Waals surface area contributed by atoms with Crippen molar-refractivity contribution in [2.45, 2.75) is 32.2 Å². The van der Waals surface area contributed by atoms with Crippen molar-refractivity contribution in [3.05, 3.63) is 28.5 Å². The highest BCUT2D eigenvalue weighted by Gasteiger charge is 2.27. The standard InChI is InChI=1S/C12H15BrN2O/c1-2-10-4-3-7-15(10)12(16)9-5-6-11(13)14-8-9/h5-6,8,10H,2-4,7H2,1H3. The molecule has 0 radical (unpaired) electrons. The van der Waals surface area contributed by atoms with Gasteiger partial charge in [-0.2, -0.15) is 0 Å². The largest absolute Gasteiger partial charge is 0.336 e. The third-order valence-corrected chi connectivity index (χ3v) is 3.55. The molecule has 1 aromatic heterocycles. The average Bonchev–Trinajstić information content (AvgIpc) is 2.77.